The third kappa shape index (κ3) is 6.86. The van der Waals surface area contributed by atoms with E-state index in [1.807, 2.05) is 0 Å². The minimum absolute atomic E-state index is 0.133. The number of rotatable bonds is 8. The number of carbonyl (C=O) groups excluding carboxylic acids is 3. The minimum atomic E-state index is -0.532. The summed E-state index contributed by atoms with van der Waals surface area (Å²) in [7, 11) is 2.60. The third-order valence-corrected chi connectivity index (χ3v) is 5.22. The Hall–Kier alpha value is -1.64. The predicted octanol–water partition coefficient (Wildman–Crippen LogP) is 1.67. The van der Waals surface area contributed by atoms with Crippen LogP contribution in [-0.4, -0.2) is 62.1 Å². The van der Waals surface area contributed by atoms with Crippen LogP contribution in [0.25, 0.3) is 0 Å². The Bertz CT molecular complexity index is 434. The van der Waals surface area contributed by atoms with Crippen LogP contribution in [0.3, 0.4) is 0 Å². The van der Waals surface area contributed by atoms with Crippen molar-refractivity contribution in [3.63, 3.8) is 0 Å². The zero-order chi connectivity index (χ0) is 17.9. The number of hydrogen-bond donors (Lipinski definition) is 2. The summed E-state index contributed by atoms with van der Waals surface area (Å²) in [6.07, 6.45) is 1.72. The van der Waals surface area contributed by atoms with Gasteiger partial charge in [-0.1, -0.05) is 6.42 Å². The summed E-state index contributed by atoms with van der Waals surface area (Å²) < 4.78 is 14.2. The van der Waals surface area contributed by atoms with E-state index in [9.17, 15) is 14.4 Å². The molecule has 24 heavy (non-hydrogen) atoms. The standard InChI is InChI=1S/C15H26N2O6S/c1-4-23-12(18)8-6-5-7-11-13(17-15(20)22-3)10(9-24-11)16-14(19)21-2/h10-11,13H,4-9H2,1-3H3,(H,16,19)(H,17,20)/t10-,11-,13+/m0/s1. The first kappa shape index (κ1) is 20.4. The van der Waals surface area contributed by atoms with Crippen molar-refractivity contribution >= 4 is 29.9 Å². The largest absolute Gasteiger partial charge is 0.466 e. The first-order valence-corrected chi connectivity index (χ1v) is 9.02. The lowest BCUT2D eigenvalue weighted by atomic mass is 10.0. The number of nitrogens with one attached hydrogen (secondary N) is 2. The molecule has 1 aliphatic rings. The van der Waals surface area contributed by atoms with Crippen molar-refractivity contribution in [2.45, 2.75) is 49.9 Å². The molecular weight excluding hydrogens is 336 g/mol. The Labute approximate surface area is 146 Å². The van der Waals surface area contributed by atoms with E-state index < -0.39 is 12.2 Å². The Kier molecular flexibility index (Phi) is 9.36. The first-order chi connectivity index (χ1) is 11.5. The summed E-state index contributed by atoms with van der Waals surface area (Å²) in [6, 6.07) is -0.472. The lowest BCUT2D eigenvalue weighted by Crippen LogP contribution is -2.53. The van der Waals surface area contributed by atoms with Gasteiger partial charge in [0.1, 0.15) is 0 Å². The summed E-state index contributed by atoms with van der Waals surface area (Å²) in [5, 5.41) is 5.65. The molecule has 2 N–H and O–H groups in total. The molecule has 0 unspecified atom stereocenters. The second-order valence-electron chi connectivity index (χ2n) is 5.33. The van der Waals surface area contributed by atoms with Gasteiger partial charge >= 0.3 is 18.2 Å². The van der Waals surface area contributed by atoms with Crippen LogP contribution in [-0.2, 0) is 19.0 Å². The fourth-order valence-electron chi connectivity index (χ4n) is 2.53. The van der Waals surface area contributed by atoms with E-state index in [2.05, 4.69) is 20.1 Å². The van der Waals surface area contributed by atoms with Crippen molar-refractivity contribution in [3.8, 4) is 0 Å². The van der Waals surface area contributed by atoms with Crippen LogP contribution in [0.5, 0.6) is 0 Å². The highest BCUT2D eigenvalue weighted by molar-refractivity contribution is 8.00. The lowest BCUT2D eigenvalue weighted by Gasteiger charge is -2.24. The number of amides is 2. The summed E-state index contributed by atoms with van der Waals surface area (Å²) in [5.41, 5.74) is 0. The molecule has 1 saturated heterocycles. The molecule has 0 aromatic rings. The van der Waals surface area contributed by atoms with Gasteiger partial charge in [0.2, 0.25) is 0 Å². The normalized spacial score (nSPS) is 22.5. The van der Waals surface area contributed by atoms with Crippen LogP contribution in [0.2, 0.25) is 0 Å². The van der Waals surface area contributed by atoms with Gasteiger partial charge in [-0.2, -0.15) is 11.8 Å². The van der Waals surface area contributed by atoms with Gasteiger partial charge < -0.3 is 24.8 Å². The summed E-state index contributed by atoms with van der Waals surface area (Å²) in [6.45, 7) is 2.17. The maximum absolute atomic E-state index is 11.6. The molecule has 9 heteroatoms. The number of thioether (sulfide) groups is 1. The van der Waals surface area contributed by atoms with Crippen molar-refractivity contribution in [2.75, 3.05) is 26.6 Å². The van der Waals surface area contributed by atoms with Crippen molar-refractivity contribution in [1.82, 2.24) is 10.6 Å². The lowest BCUT2D eigenvalue weighted by molar-refractivity contribution is -0.143. The number of unbranched alkanes of at least 4 members (excludes halogenated alkanes) is 1. The predicted molar refractivity (Wildman–Crippen MR) is 90.0 cm³/mol. The molecule has 1 rings (SSSR count). The van der Waals surface area contributed by atoms with E-state index in [0.29, 0.717) is 18.8 Å². The van der Waals surface area contributed by atoms with E-state index in [4.69, 9.17) is 4.74 Å². The minimum Gasteiger partial charge on any atom is -0.466 e. The topological polar surface area (TPSA) is 103 Å². The van der Waals surface area contributed by atoms with Crippen LogP contribution in [0.1, 0.15) is 32.6 Å². The molecule has 0 spiro atoms. The van der Waals surface area contributed by atoms with E-state index in [0.717, 1.165) is 19.3 Å². The van der Waals surface area contributed by atoms with Gasteiger partial charge in [0.05, 0.1) is 32.9 Å². The Morgan fingerprint density at radius 2 is 1.75 bits per heavy atom. The van der Waals surface area contributed by atoms with E-state index in [1.54, 1.807) is 18.7 Å². The Morgan fingerprint density at radius 1 is 1.08 bits per heavy atom. The van der Waals surface area contributed by atoms with Gasteiger partial charge in [-0.3, -0.25) is 4.79 Å². The number of methoxy groups -OCH3 is 2. The summed E-state index contributed by atoms with van der Waals surface area (Å²) in [5.74, 6) is 0.484. The fourth-order valence-corrected chi connectivity index (χ4v) is 4.08. The molecular formula is C15H26N2O6S. The molecule has 0 aromatic heterocycles. The van der Waals surface area contributed by atoms with Gasteiger partial charge in [-0.15, -0.1) is 0 Å². The average molecular weight is 362 g/mol. The third-order valence-electron chi connectivity index (χ3n) is 3.71. The van der Waals surface area contributed by atoms with Crippen LogP contribution in [0.4, 0.5) is 9.59 Å². The molecule has 1 fully saturated rings. The zero-order valence-corrected chi connectivity index (χ0v) is 15.1. The molecule has 0 aromatic carbocycles. The van der Waals surface area contributed by atoms with Gasteiger partial charge in [0.15, 0.2) is 0 Å². The molecule has 1 heterocycles. The second kappa shape index (κ2) is 11.0. The van der Waals surface area contributed by atoms with Crippen LogP contribution in [0, 0.1) is 0 Å². The van der Waals surface area contributed by atoms with Gasteiger partial charge in [0.25, 0.3) is 0 Å². The number of esters is 1. The molecule has 3 atom stereocenters. The fraction of sp³-hybridized carbons (Fsp3) is 0.800. The van der Waals surface area contributed by atoms with Crippen LogP contribution >= 0.6 is 11.8 Å². The average Bonchev–Trinajstić information content (AvgIpc) is 2.93. The van der Waals surface area contributed by atoms with Crippen LogP contribution < -0.4 is 10.6 Å². The maximum atomic E-state index is 11.6. The first-order valence-electron chi connectivity index (χ1n) is 7.98. The maximum Gasteiger partial charge on any atom is 0.407 e. The van der Waals surface area contributed by atoms with Crippen LogP contribution in [0.15, 0.2) is 0 Å². The quantitative estimate of drug-likeness (QED) is 0.385. The molecule has 0 bridgehead atoms. The van der Waals surface area contributed by atoms with E-state index in [1.165, 1.54) is 14.2 Å². The van der Waals surface area contributed by atoms with Crippen molar-refractivity contribution in [3.05, 3.63) is 0 Å². The number of alkyl carbamates (subject to hydrolysis) is 2. The van der Waals surface area contributed by atoms with Gasteiger partial charge in [0, 0.05) is 17.4 Å². The Morgan fingerprint density at radius 3 is 2.38 bits per heavy atom. The van der Waals surface area contributed by atoms with Gasteiger partial charge in [-0.25, -0.2) is 9.59 Å². The van der Waals surface area contributed by atoms with Crippen molar-refractivity contribution in [2.24, 2.45) is 0 Å². The van der Waals surface area contributed by atoms with E-state index in [-0.39, 0.29) is 23.3 Å². The summed E-state index contributed by atoms with van der Waals surface area (Å²) >= 11 is 1.68. The number of hydrogen-bond acceptors (Lipinski definition) is 7. The molecule has 0 aliphatic carbocycles. The molecule has 138 valence electrons. The van der Waals surface area contributed by atoms with Crippen molar-refractivity contribution in [1.29, 1.82) is 0 Å². The SMILES string of the molecule is CCOC(=O)CCCC[C@@H]1SC[C@H](NC(=O)OC)[C@H]1NC(=O)OC. The molecule has 2 amide bonds. The summed E-state index contributed by atoms with van der Waals surface area (Å²) in [4.78, 5) is 34.3. The zero-order valence-electron chi connectivity index (χ0n) is 14.3. The van der Waals surface area contributed by atoms with E-state index >= 15 is 0 Å². The molecule has 1 aliphatic heterocycles. The number of carbonyl (C=O) groups is 3. The highest BCUT2D eigenvalue weighted by atomic mass is 32.2. The molecule has 8 nitrogen and oxygen atoms in total. The monoisotopic (exact) mass is 362 g/mol. The van der Waals surface area contributed by atoms with Crippen molar-refractivity contribution < 1.29 is 28.6 Å². The highest BCUT2D eigenvalue weighted by Crippen LogP contribution is 2.31. The smallest absolute Gasteiger partial charge is 0.407 e. The highest BCUT2D eigenvalue weighted by Gasteiger charge is 2.38. The molecule has 0 saturated carbocycles. The second-order valence-corrected chi connectivity index (χ2v) is 6.60. The Balaban J connectivity index is 2.49. The van der Waals surface area contributed by atoms with Gasteiger partial charge in [-0.05, 0) is 19.8 Å². The molecule has 0 radical (unpaired) electrons. The number of ether oxygens (including phenoxy) is 3.